The zero-order valence-corrected chi connectivity index (χ0v) is 24.3. The lowest BCUT2D eigenvalue weighted by Gasteiger charge is -2.43. The van der Waals surface area contributed by atoms with E-state index in [0.29, 0.717) is 13.1 Å². The van der Waals surface area contributed by atoms with Crippen molar-refractivity contribution in [2.45, 2.75) is 103 Å². The van der Waals surface area contributed by atoms with Crippen LogP contribution in [0.4, 0.5) is 0 Å². The van der Waals surface area contributed by atoms with E-state index in [1.165, 1.54) is 4.90 Å². The summed E-state index contributed by atoms with van der Waals surface area (Å²) >= 11 is 0. The first-order chi connectivity index (χ1) is 15.8. The van der Waals surface area contributed by atoms with Gasteiger partial charge in [-0.25, -0.2) is 0 Å². The van der Waals surface area contributed by atoms with Gasteiger partial charge in [-0.1, -0.05) is 25.9 Å². The summed E-state index contributed by atoms with van der Waals surface area (Å²) in [6.07, 6.45) is -3.84. The number of hydrogen-bond acceptors (Lipinski definition) is 9. The average molecular weight is 539 g/mol. The molecule has 0 aromatic rings. The van der Waals surface area contributed by atoms with Crippen molar-refractivity contribution in [2.75, 3.05) is 26.0 Å². The molecule has 1 saturated heterocycles. The number of likely N-dealkylation sites (N-methyl/N-ethyl adjacent to an activating group) is 1. The number of carbonyl (C=O) groups is 1. The fourth-order valence-corrected chi connectivity index (χ4v) is 5.55. The van der Waals surface area contributed by atoms with Gasteiger partial charge in [0.15, 0.2) is 14.1 Å². The Morgan fingerprint density at radius 1 is 1.23 bits per heavy atom. The molecule has 5 atom stereocenters. The summed E-state index contributed by atoms with van der Waals surface area (Å²) in [5.74, 6) is -1.68. The first kappa shape index (κ1) is 31.8. The standard InChI is InChI=1S/C21H42N4O8SSi/c1-11-25(12-2)19(27)15(23-24-22)17(33-35(9,10)20(3,4)5)18-16(30-21(6,7)31-18)14(13-26)32-34(8,28)29/h14-18,26H,11-13H2,1-10H3/t14-,15-,16-,17+,18-/m1/s1. The molecule has 1 aliphatic heterocycles. The molecule has 204 valence electrons. The van der Waals surface area contributed by atoms with Gasteiger partial charge in [-0.3, -0.25) is 8.98 Å². The van der Waals surface area contributed by atoms with Gasteiger partial charge < -0.3 is 23.9 Å². The summed E-state index contributed by atoms with van der Waals surface area (Å²) in [5, 5.41) is 13.5. The van der Waals surface area contributed by atoms with E-state index < -0.39 is 67.2 Å². The number of ether oxygens (including phenoxy) is 2. The van der Waals surface area contributed by atoms with Crippen LogP contribution in [-0.2, 0) is 33.0 Å². The number of rotatable bonds is 12. The Kier molecular flexibility index (Phi) is 10.8. The van der Waals surface area contributed by atoms with E-state index in [2.05, 4.69) is 10.0 Å². The quantitative estimate of drug-likeness (QED) is 0.130. The lowest BCUT2D eigenvalue weighted by atomic mass is 9.97. The van der Waals surface area contributed by atoms with Crippen LogP contribution in [0.1, 0.15) is 48.5 Å². The molecule has 1 amide bonds. The van der Waals surface area contributed by atoms with Gasteiger partial charge in [0.25, 0.3) is 10.1 Å². The molecule has 35 heavy (non-hydrogen) atoms. The molecule has 0 unspecified atom stereocenters. The summed E-state index contributed by atoms with van der Waals surface area (Å²) in [6.45, 7) is 16.9. The van der Waals surface area contributed by atoms with E-state index >= 15 is 0 Å². The van der Waals surface area contributed by atoms with Gasteiger partial charge in [-0.2, -0.15) is 8.42 Å². The summed E-state index contributed by atoms with van der Waals surface area (Å²) in [6, 6.07) is -1.32. The van der Waals surface area contributed by atoms with Crippen LogP contribution in [0.15, 0.2) is 5.11 Å². The summed E-state index contributed by atoms with van der Waals surface area (Å²) in [4.78, 5) is 17.9. The number of carbonyl (C=O) groups excluding carboxylic acids is 1. The van der Waals surface area contributed by atoms with Gasteiger partial charge in [0.2, 0.25) is 5.91 Å². The van der Waals surface area contributed by atoms with Crippen molar-refractivity contribution < 1.29 is 36.4 Å². The summed E-state index contributed by atoms with van der Waals surface area (Å²) in [5.41, 5.74) is 9.37. The minimum atomic E-state index is -3.97. The minimum Gasteiger partial charge on any atom is -0.410 e. The van der Waals surface area contributed by atoms with Crippen LogP contribution in [0.5, 0.6) is 0 Å². The SMILES string of the molecule is CCN(CC)C(=O)[C@H](N=[N+]=[N-])[C@H](O[Si](C)(C)C(C)(C)C)[C@@H]1OC(C)(C)O[C@@H]1[C@@H](CO)OS(C)(=O)=O. The zero-order chi connectivity index (χ0) is 27.4. The molecule has 12 nitrogen and oxygen atoms in total. The number of aliphatic hydroxyl groups excluding tert-OH is 1. The van der Waals surface area contributed by atoms with Gasteiger partial charge >= 0.3 is 0 Å². The third-order valence-electron chi connectivity index (χ3n) is 6.38. The van der Waals surface area contributed by atoms with Gasteiger partial charge in [-0.05, 0) is 51.4 Å². The first-order valence-electron chi connectivity index (χ1n) is 11.7. The summed E-state index contributed by atoms with van der Waals surface area (Å²) < 4.78 is 47.6. The van der Waals surface area contributed by atoms with Crippen LogP contribution in [0.3, 0.4) is 0 Å². The molecule has 0 aromatic carbocycles. The molecule has 1 heterocycles. The van der Waals surface area contributed by atoms with Gasteiger partial charge in [0, 0.05) is 18.0 Å². The topological polar surface area (TPSA) is 160 Å². The molecule has 0 radical (unpaired) electrons. The third kappa shape index (κ3) is 8.39. The number of aliphatic hydroxyl groups is 1. The molecule has 0 bridgehead atoms. The zero-order valence-electron chi connectivity index (χ0n) is 22.5. The Morgan fingerprint density at radius 2 is 1.74 bits per heavy atom. The maximum Gasteiger partial charge on any atom is 0.264 e. The van der Waals surface area contributed by atoms with E-state index in [1.54, 1.807) is 27.7 Å². The molecule has 0 aliphatic carbocycles. The van der Waals surface area contributed by atoms with E-state index in [0.717, 1.165) is 6.26 Å². The van der Waals surface area contributed by atoms with Crippen molar-refractivity contribution in [3.05, 3.63) is 10.4 Å². The number of amides is 1. The smallest absolute Gasteiger partial charge is 0.264 e. The molecule has 1 fully saturated rings. The molecular weight excluding hydrogens is 496 g/mol. The minimum absolute atomic E-state index is 0.283. The average Bonchev–Trinajstić information content (AvgIpc) is 3.03. The second-order valence-corrected chi connectivity index (χ2v) is 16.9. The van der Waals surface area contributed by atoms with Crippen LogP contribution in [0, 0.1) is 0 Å². The van der Waals surface area contributed by atoms with E-state index in [9.17, 15) is 23.8 Å². The Morgan fingerprint density at radius 3 is 2.14 bits per heavy atom. The fraction of sp³-hybridized carbons (Fsp3) is 0.952. The fourth-order valence-electron chi connectivity index (χ4n) is 3.63. The highest BCUT2D eigenvalue weighted by atomic mass is 32.2. The number of hydrogen-bond donors (Lipinski definition) is 1. The van der Waals surface area contributed by atoms with Crippen LogP contribution < -0.4 is 0 Å². The van der Waals surface area contributed by atoms with E-state index in [-0.39, 0.29) is 5.04 Å². The van der Waals surface area contributed by atoms with E-state index in [4.69, 9.17) is 18.1 Å². The number of nitrogens with zero attached hydrogens (tertiary/aromatic N) is 4. The maximum absolute atomic E-state index is 13.5. The molecule has 1 rings (SSSR count). The van der Waals surface area contributed by atoms with Gasteiger partial charge in [-0.15, -0.1) is 0 Å². The molecule has 0 saturated carbocycles. The monoisotopic (exact) mass is 538 g/mol. The molecule has 1 N–H and O–H groups in total. The molecule has 14 heteroatoms. The lowest BCUT2D eigenvalue weighted by molar-refractivity contribution is -0.162. The normalized spacial score (nSPS) is 23.3. The van der Waals surface area contributed by atoms with Crippen molar-refractivity contribution in [3.63, 3.8) is 0 Å². The highest BCUT2D eigenvalue weighted by Crippen LogP contribution is 2.42. The van der Waals surface area contributed by atoms with Crippen LogP contribution >= 0.6 is 0 Å². The van der Waals surface area contributed by atoms with Crippen LogP contribution in [0.2, 0.25) is 18.1 Å². The lowest BCUT2D eigenvalue weighted by Crippen LogP contribution is -2.58. The summed E-state index contributed by atoms with van der Waals surface area (Å²) in [7, 11) is -6.58. The Labute approximate surface area is 210 Å². The predicted molar refractivity (Wildman–Crippen MR) is 134 cm³/mol. The number of azide groups is 1. The Hall–Kier alpha value is -1.25. The van der Waals surface area contributed by atoms with Crippen molar-refractivity contribution in [1.29, 1.82) is 0 Å². The van der Waals surface area contributed by atoms with Gasteiger partial charge in [0.05, 0.1) is 19.0 Å². The predicted octanol–water partition coefficient (Wildman–Crippen LogP) is 2.78. The Balaban J connectivity index is 3.72. The first-order valence-corrected chi connectivity index (χ1v) is 16.4. The second-order valence-electron chi connectivity index (χ2n) is 10.6. The van der Waals surface area contributed by atoms with Crippen molar-refractivity contribution in [1.82, 2.24) is 4.90 Å². The van der Waals surface area contributed by atoms with E-state index in [1.807, 2.05) is 33.9 Å². The molecule has 0 spiro atoms. The highest BCUT2D eigenvalue weighted by Gasteiger charge is 2.55. The molecular formula is C21H42N4O8SSi. The molecule has 0 aromatic heterocycles. The highest BCUT2D eigenvalue weighted by molar-refractivity contribution is 7.86. The van der Waals surface area contributed by atoms with Gasteiger partial charge in [0.1, 0.15) is 24.4 Å². The van der Waals surface area contributed by atoms with Crippen molar-refractivity contribution in [3.8, 4) is 0 Å². The largest absolute Gasteiger partial charge is 0.410 e. The Bertz CT molecular complexity index is 882. The van der Waals surface area contributed by atoms with Crippen molar-refractivity contribution in [2.24, 2.45) is 5.11 Å². The maximum atomic E-state index is 13.5. The second kappa shape index (κ2) is 11.9. The van der Waals surface area contributed by atoms with Crippen molar-refractivity contribution >= 4 is 24.3 Å². The van der Waals surface area contributed by atoms with Crippen LogP contribution in [0.25, 0.3) is 10.4 Å². The molecule has 1 aliphatic rings. The third-order valence-corrected chi connectivity index (χ3v) is 11.5. The van der Waals surface area contributed by atoms with Crippen LogP contribution in [-0.4, -0.2) is 94.8 Å².